The van der Waals surface area contributed by atoms with Crippen molar-refractivity contribution in [3.05, 3.63) is 34.9 Å². The van der Waals surface area contributed by atoms with Crippen molar-refractivity contribution in [2.24, 2.45) is 0 Å². The number of benzene rings is 1. The zero-order chi connectivity index (χ0) is 16.7. The molecule has 0 radical (unpaired) electrons. The highest BCUT2D eigenvalue weighted by Crippen LogP contribution is 2.38. The molecule has 0 spiro atoms. The molecule has 0 aromatic heterocycles. The van der Waals surface area contributed by atoms with Crippen molar-refractivity contribution in [2.75, 3.05) is 18.8 Å². The van der Waals surface area contributed by atoms with Crippen LogP contribution in [0.15, 0.2) is 24.3 Å². The first-order valence-corrected chi connectivity index (χ1v) is 9.84. The fourth-order valence-corrected chi connectivity index (χ4v) is 4.78. The van der Waals surface area contributed by atoms with Crippen molar-refractivity contribution < 1.29 is 17.6 Å². The van der Waals surface area contributed by atoms with Gasteiger partial charge in [0.2, 0.25) is 5.91 Å². The molecule has 0 unspecified atom stereocenters. The van der Waals surface area contributed by atoms with Gasteiger partial charge >= 0.3 is 0 Å². The molecule has 3 rings (SSSR count). The quantitative estimate of drug-likeness (QED) is 0.830. The molecule has 1 aromatic carbocycles. The number of sulfone groups is 1. The molecule has 1 aliphatic heterocycles. The van der Waals surface area contributed by atoms with Crippen LogP contribution in [-0.4, -0.2) is 43.3 Å². The van der Waals surface area contributed by atoms with E-state index in [1.165, 1.54) is 4.90 Å². The summed E-state index contributed by atoms with van der Waals surface area (Å²) in [6, 6.07) is 6.70. The molecule has 0 bridgehead atoms. The first kappa shape index (κ1) is 16.7. The van der Waals surface area contributed by atoms with Crippen LogP contribution in [0.1, 0.15) is 31.2 Å². The monoisotopic (exact) mass is 359 g/mol. The molecular formula is C16H19ClFNO3S. The molecule has 1 saturated heterocycles. The third kappa shape index (κ3) is 3.69. The summed E-state index contributed by atoms with van der Waals surface area (Å²) in [5.41, 5.74) is -1.00. The number of halogens is 2. The largest absolute Gasteiger partial charge is 0.342 e. The molecule has 1 heterocycles. The van der Waals surface area contributed by atoms with E-state index in [1.54, 1.807) is 24.3 Å². The van der Waals surface area contributed by atoms with Gasteiger partial charge in [0.25, 0.3) is 0 Å². The Labute approximate surface area is 140 Å². The lowest BCUT2D eigenvalue weighted by Crippen LogP contribution is -2.45. The number of likely N-dealkylation sites (tertiary alicyclic amines) is 1. The maximum Gasteiger partial charge on any atom is 0.237 e. The Hall–Kier alpha value is -1.14. The van der Waals surface area contributed by atoms with Gasteiger partial charge in [-0.05, 0) is 30.5 Å². The Morgan fingerprint density at radius 1 is 1.30 bits per heavy atom. The molecule has 0 N–H and O–H groups in total. The molecule has 0 atom stereocenters. The molecule has 1 amide bonds. The Balaban J connectivity index is 1.62. The summed E-state index contributed by atoms with van der Waals surface area (Å²) in [5.74, 6) is -0.862. The van der Waals surface area contributed by atoms with Gasteiger partial charge in [-0.1, -0.05) is 23.7 Å². The predicted molar refractivity (Wildman–Crippen MR) is 86.9 cm³/mol. The average molecular weight is 360 g/mol. The molecule has 1 saturated carbocycles. The summed E-state index contributed by atoms with van der Waals surface area (Å²) in [6.45, 7) is 0.448. The van der Waals surface area contributed by atoms with E-state index in [9.17, 15) is 13.2 Å². The lowest BCUT2D eigenvalue weighted by Gasteiger charge is -2.36. The Bertz CT molecular complexity index is 710. The number of hydrogen-bond donors (Lipinski definition) is 0. The van der Waals surface area contributed by atoms with Gasteiger partial charge in [-0.15, -0.1) is 0 Å². The van der Waals surface area contributed by atoms with E-state index < -0.39 is 27.2 Å². The normalized spacial score (nSPS) is 21.2. The lowest BCUT2D eigenvalue weighted by molar-refractivity contribution is -0.131. The molecule has 1 aromatic rings. The predicted octanol–water partition coefficient (Wildman–Crippen LogP) is 2.70. The van der Waals surface area contributed by atoms with Gasteiger partial charge in [-0.2, -0.15) is 0 Å². The van der Waals surface area contributed by atoms with E-state index in [1.807, 2.05) is 0 Å². The molecule has 7 heteroatoms. The summed E-state index contributed by atoms with van der Waals surface area (Å²) < 4.78 is 38.9. The minimum Gasteiger partial charge on any atom is -0.342 e. The topological polar surface area (TPSA) is 54.5 Å². The highest BCUT2D eigenvalue weighted by atomic mass is 35.5. The van der Waals surface area contributed by atoms with Gasteiger partial charge in [-0.25, -0.2) is 12.8 Å². The molecule has 2 fully saturated rings. The number of nitrogens with zero attached hydrogens (tertiary/aromatic N) is 1. The van der Waals surface area contributed by atoms with Gasteiger partial charge < -0.3 is 4.90 Å². The van der Waals surface area contributed by atoms with Crippen molar-refractivity contribution in [2.45, 2.75) is 36.6 Å². The highest BCUT2D eigenvalue weighted by Gasteiger charge is 2.41. The van der Waals surface area contributed by atoms with E-state index in [0.717, 1.165) is 0 Å². The third-order valence-electron chi connectivity index (χ3n) is 4.61. The third-order valence-corrected chi connectivity index (χ3v) is 6.98. The SMILES string of the molecule is O=C(CS(=O)(=O)C1CC1)N1CCC(F)(c2cccc(Cl)c2)CC1. The average Bonchev–Trinajstić information content (AvgIpc) is 3.32. The van der Waals surface area contributed by atoms with Crippen LogP contribution >= 0.6 is 11.6 Å². The standard InChI is InChI=1S/C16H19ClFNO3S/c17-13-3-1-2-12(10-13)16(18)6-8-19(9-7-16)15(20)11-23(21,22)14-4-5-14/h1-3,10,14H,4-9,11H2. The second-order valence-electron chi connectivity index (χ2n) is 6.36. The van der Waals surface area contributed by atoms with Gasteiger partial charge in [0.1, 0.15) is 11.4 Å². The molecule has 4 nitrogen and oxygen atoms in total. The van der Waals surface area contributed by atoms with Gasteiger partial charge in [0.05, 0.1) is 5.25 Å². The van der Waals surface area contributed by atoms with Crippen LogP contribution in [0.2, 0.25) is 5.02 Å². The number of piperidine rings is 1. The lowest BCUT2D eigenvalue weighted by atomic mass is 9.86. The molecule has 126 valence electrons. The Morgan fingerprint density at radius 2 is 1.96 bits per heavy atom. The van der Waals surface area contributed by atoms with Crippen LogP contribution in [0.4, 0.5) is 4.39 Å². The first-order valence-electron chi connectivity index (χ1n) is 7.74. The second-order valence-corrected chi connectivity index (χ2v) is 9.08. The number of amides is 1. The summed E-state index contributed by atoms with van der Waals surface area (Å²) in [4.78, 5) is 13.6. The van der Waals surface area contributed by atoms with E-state index in [2.05, 4.69) is 0 Å². The Kier molecular flexibility index (Phi) is 4.40. The number of carbonyl (C=O) groups excluding carboxylic acids is 1. The van der Waals surface area contributed by atoms with Crippen LogP contribution in [0.25, 0.3) is 0 Å². The van der Waals surface area contributed by atoms with Crippen molar-refractivity contribution >= 4 is 27.3 Å². The van der Waals surface area contributed by atoms with Crippen LogP contribution in [0, 0.1) is 0 Å². The summed E-state index contributed by atoms with van der Waals surface area (Å²) in [6.07, 6.45) is 1.61. The van der Waals surface area contributed by atoms with Gasteiger partial charge in [0, 0.05) is 31.0 Å². The van der Waals surface area contributed by atoms with E-state index in [-0.39, 0.29) is 31.2 Å². The number of rotatable bonds is 4. The molecule has 2 aliphatic rings. The minimum absolute atomic E-state index is 0.155. The number of alkyl halides is 1. The van der Waals surface area contributed by atoms with Crippen LogP contribution in [-0.2, 0) is 20.3 Å². The maximum absolute atomic E-state index is 15.1. The van der Waals surface area contributed by atoms with Crippen molar-refractivity contribution in [1.29, 1.82) is 0 Å². The van der Waals surface area contributed by atoms with Crippen LogP contribution < -0.4 is 0 Å². The first-order chi connectivity index (χ1) is 10.8. The minimum atomic E-state index is -3.32. The fraction of sp³-hybridized carbons (Fsp3) is 0.562. The molecular weight excluding hydrogens is 341 g/mol. The molecule has 1 aliphatic carbocycles. The number of carbonyl (C=O) groups is 1. The Morgan fingerprint density at radius 3 is 2.52 bits per heavy atom. The van der Waals surface area contributed by atoms with Crippen LogP contribution in [0.5, 0.6) is 0 Å². The van der Waals surface area contributed by atoms with Crippen molar-refractivity contribution in [3.63, 3.8) is 0 Å². The highest BCUT2D eigenvalue weighted by molar-refractivity contribution is 7.93. The maximum atomic E-state index is 15.1. The van der Waals surface area contributed by atoms with E-state index >= 15 is 4.39 Å². The smallest absolute Gasteiger partial charge is 0.237 e. The zero-order valence-corrected chi connectivity index (χ0v) is 14.2. The summed E-state index contributed by atoms with van der Waals surface area (Å²) in [5, 5.41) is 0.136. The van der Waals surface area contributed by atoms with E-state index in [0.29, 0.717) is 23.4 Å². The second kappa shape index (κ2) is 6.06. The zero-order valence-electron chi connectivity index (χ0n) is 12.7. The van der Waals surface area contributed by atoms with Crippen molar-refractivity contribution in [1.82, 2.24) is 4.90 Å². The van der Waals surface area contributed by atoms with Gasteiger partial charge in [-0.3, -0.25) is 4.79 Å². The van der Waals surface area contributed by atoms with E-state index in [4.69, 9.17) is 11.6 Å². The molecule has 23 heavy (non-hydrogen) atoms. The summed E-state index contributed by atoms with van der Waals surface area (Å²) in [7, 11) is -3.32. The fourth-order valence-electron chi connectivity index (χ4n) is 2.97. The van der Waals surface area contributed by atoms with Crippen molar-refractivity contribution in [3.8, 4) is 0 Å². The van der Waals surface area contributed by atoms with Gasteiger partial charge in [0.15, 0.2) is 9.84 Å². The van der Waals surface area contributed by atoms with Crippen LogP contribution in [0.3, 0.4) is 0 Å². The number of hydrogen-bond acceptors (Lipinski definition) is 3. The summed E-state index contributed by atoms with van der Waals surface area (Å²) >= 11 is 5.92.